The minimum atomic E-state index is -1.05. The summed E-state index contributed by atoms with van der Waals surface area (Å²) in [5.41, 5.74) is 9.53. The van der Waals surface area contributed by atoms with Crippen LogP contribution in [0, 0.1) is 6.92 Å². The maximum Gasteiger partial charge on any atom is 0.273 e. The van der Waals surface area contributed by atoms with Crippen molar-refractivity contribution in [1.82, 2.24) is 15.0 Å². The number of benzene rings is 3. The molecule has 1 atom stereocenters. The molecule has 0 bridgehead atoms. The number of ether oxygens (including phenoxy) is 1. The summed E-state index contributed by atoms with van der Waals surface area (Å²) >= 11 is 0.870. The minimum Gasteiger partial charge on any atom is -0.497 e. The smallest absolute Gasteiger partial charge is 0.273 e. The average molecular weight is 626 g/mol. The first-order valence-corrected chi connectivity index (χ1v) is 16.1. The number of carbonyl (C=O) groups excluding carboxylic acids is 3. The normalized spacial score (nSPS) is 13.9. The number of para-hydroxylation sites is 1. The molecular formula is C35H39N5O4S. The number of amides is 3. The Balaban J connectivity index is 1.50. The maximum absolute atomic E-state index is 14.6. The molecule has 4 N–H and O–H groups in total. The van der Waals surface area contributed by atoms with Gasteiger partial charge in [-0.3, -0.25) is 19.3 Å². The molecule has 234 valence electrons. The van der Waals surface area contributed by atoms with Crippen molar-refractivity contribution in [1.29, 1.82) is 0 Å². The van der Waals surface area contributed by atoms with Gasteiger partial charge in [0.15, 0.2) is 5.69 Å². The fraction of sp³-hybridized carbons (Fsp3) is 0.314. The number of nitrogen functional groups attached to an aromatic ring is 1. The topological polar surface area (TPSA) is 127 Å². The number of anilines is 2. The zero-order valence-corrected chi connectivity index (χ0v) is 26.4. The molecule has 10 heteroatoms. The summed E-state index contributed by atoms with van der Waals surface area (Å²) in [5.74, 6) is -0.639. The monoisotopic (exact) mass is 625 g/mol. The predicted octanol–water partition coefficient (Wildman–Crippen LogP) is 5.85. The summed E-state index contributed by atoms with van der Waals surface area (Å²) in [6.45, 7) is 2.26. The highest BCUT2D eigenvalue weighted by Gasteiger charge is 2.37. The number of aromatic nitrogens is 1. The molecule has 9 nitrogen and oxygen atoms in total. The van der Waals surface area contributed by atoms with E-state index < -0.39 is 11.9 Å². The van der Waals surface area contributed by atoms with E-state index in [2.05, 4.69) is 15.0 Å². The van der Waals surface area contributed by atoms with E-state index in [1.54, 1.807) is 37.4 Å². The van der Waals surface area contributed by atoms with Gasteiger partial charge in [-0.2, -0.15) is 4.37 Å². The van der Waals surface area contributed by atoms with Gasteiger partial charge in [-0.25, -0.2) is 0 Å². The Morgan fingerprint density at radius 3 is 2.36 bits per heavy atom. The van der Waals surface area contributed by atoms with Crippen LogP contribution in [0.2, 0.25) is 0 Å². The molecule has 3 aromatic carbocycles. The van der Waals surface area contributed by atoms with Gasteiger partial charge in [0.25, 0.3) is 11.8 Å². The van der Waals surface area contributed by atoms with Crippen molar-refractivity contribution < 1.29 is 19.1 Å². The van der Waals surface area contributed by atoms with E-state index in [9.17, 15) is 14.4 Å². The zero-order chi connectivity index (χ0) is 31.8. The summed E-state index contributed by atoms with van der Waals surface area (Å²) in [4.78, 5) is 43.4. The highest BCUT2D eigenvalue weighted by Crippen LogP contribution is 2.35. The Bertz CT molecular complexity index is 1620. The van der Waals surface area contributed by atoms with Crippen LogP contribution in [0.25, 0.3) is 0 Å². The molecule has 1 saturated carbocycles. The summed E-state index contributed by atoms with van der Waals surface area (Å²) in [7, 11) is 1.57. The zero-order valence-electron chi connectivity index (χ0n) is 25.6. The average Bonchev–Trinajstić information content (AvgIpc) is 3.46. The SMILES string of the molecule is COc1ccc([C@@H](C(=O)NCCc2ccccc2)N(C(=O)c2snc(C(=O)NC3CCCCC3)c2N)c2ccccc2C)cc1. The van der Waals surface area contributed by atoms with E-state index in [1.807, 2.05) is 55.5 Å². The fourth-order valence-electron chi connectivity index (χ4n) is 5.70. The molecule has 0 unspecified atom stereocenters. The van der Waals surface area contributed by atoms with Crippen LogP contribution in [0.3, 0.4) is 0 Å². The van der Waals surface area contributed by atoms with E-state index in [4.69, 9.17) is 10.5 Å². The van der Waals surface area contributed by atoms with Crippen LogP contribution in [-0.4, -0.2) is 41.8 Å². The number of methoxy groups -OCH3 is 1. The molecule has 0 saturated heterocycles. The van der Waals surface area contributed by atoms with E-state index in [0.29, 0.717) is 30.0 Å². The maximum atomic E-state index is 14.6. The molecule has 1 aliphatic carbocycles. The van der Waals surface area contributed by atoms with E-state index in [0.717, 1.165) is 54.8 Å². The summed E-state index contributed by atoms with van der Waals surface area (Å²) in [5, 5.41) is 6.08. The molecule has 0 radical (unpaired) electrons. The Morgan fingerprint density at radius 2 is 1.67 bits per heavy atom. The molecular weight excluding hydrogens is 586 g/mol. The van der Waals surface area contributed by atoms with Crippen LogP contribution in [0.1, 0.15) is 75.0 Å². The summed E-state index contributed by atoms with van der Waals surface area (Å²) in [6, 6.07) is 23.3. The number of carbonyl (C=O) groups is 3. The highest BCUT2D eigenvalue weighted by atomic mass is 32.1. The first-order chi connectivity index (χ1) is 21.9. The largest absolute Gasteiger partial charge is 0.497 e. The van der Waals surface area contributed by atoms with Crippen molar-refractivity contribution in [3.63, 3.8) is 0 Å². The van der Waals surface area contributed by atoms with Crippen LogP contribution >= 0.6 is 11.5 Å². The third-order valence-electron chi connectivity index (χ3n) is 8.17. The first kappa shape index (κ1) is 31.7. The van der Waals surface area contributed by atoms with Crippen LogP contribution in [0.5, 0.6) is 5.75 Å². The predicted molar refractivity (Wildman–Crippen MR) is 178 cm³/mol. The molecule has 3 amide bonds. The number of aryl methyl sites for hydroxylation is 1. The fourth-order valence-corrected chi connectivity index (χ4v) is 6.44. The quantitative estimate of drug-likeness (QED) is 0.192. The Morgan fingerprint density at radius 1 is 0.978 bits per heavy atom. The third-order valence-corrected chi connectivity index (χ3v) is 9.02. The van der Waals surface area contributed by atoms with Gasteiger partial charge in [0.2, 0.25) is 5.91 Å². The molecule has 0 aliphatic heterocycles. The Hall–Kier alpha value is -4.70. The van der Waals surface area contributed by atoms with Crippen molar-refractivity contribution in [2.45, 2.75) is 57.5 Å². The second-order valence-electron chi connectivity index (χ2n) is 11.2. The van der Waals surface area contributed by atoms with Crippen LogP contribution in [0.15, 0.2) is 78.9 Å². The van der Waals surface area contributed by atoms with E-state index in [-0.39, 0.29) is 34.1 Å². The van der Waals surface area contributed by atoms with Gasteiger partial charge in [0.1, 0.15) is 16.7 Å². The van der Waals surface area contributed by atoms with Gasteiger partial charge in [-0.15, -0.1) is 0 Å². The van der Waals surface area contributed by atoms with Crippen molar-refractivity contribution in [3.8, 4) is 5.75 Å². The second-order valence-corrected chi connectivity index (χ2v) is 12.0. The lowest BCUT2D eigenvalue weighted by Gasteiger charge is -2.32. The summed E-state index contributed by atoms with van der Waals surface area (Å²) < 4.78 is 9.68. The van der Waals surface area contributed by atoms with Crippen LogP contribution in [-0.2, 0) is 11.2 Å². The van der Waals surface area contributed by atoms with E-state index in [1.165, 1.54) is 4.90 Å². The summed E-state index contributed by atoms with van der Waals surface area (Å²) in [6.07, 6.45) is 5.73. The molecule has 1 aromatic heterocycles. The minimum absolute atomic E-state index is 0.00913. The molecule has 0 spiro atoms. The van der Waals surface area contributed by atoms with Gasteiger partial charge in [-0.1, -0.05) is 79.9 Å². The lowest BCUT2D eigenvalue weighted by Crippen LogP contribution is -2.44. The number of nitrogens with two attached hydrogens (primary N) is 1. The molecule has 1 heterocycles. The number of hydrogen-bond acceptors (Lipinski definition) is 7. The lowest BCUT2D eigenvalue weighted by molar-refractivity contribution is -0.122. The second kappa shape index (κ2) is 14.9. The number of nitrogens with one attached hydrogen (secondary N) is 2. The molecule has 45 heavy (non-hydrogen) atoms. The Labute approximate surface area is 268 Å². The number of rotatable bonds is 11. The van der Waals surface area contributed by atoms with Gasteiger partial charge in [-0.05, 0) is 72.6 Å². The van der Waals surface area contributed by atoms with Crippen LogP contribution < -0.4 is 26.0 Å². The van der Waals surface area contributed by atoms with Gasteiger partial charge >= 0.3 is 0 Å². The standard InChI is InChI=1S/C35H39N5O4S/c1-23-11-9-10-16-28(23)40(35(43)32-29(36)30(39-45-32)33(41)38-26-14-7-4-8-15-26)31(25-17-19-27(44-2)20-18-25)34(42)37-22-21-24-12-5-3-6-13-24/h3,5-6,9-13,16-20,26,31H,4,7-8,14-15,21-22,36H2,1-2H3,(H,37,42)(H,38,41)/t31-/m0/s1. The van der Waals surface area contributed by atoms with Gasteiger partial charge < -0.3 is 21.1 Å². The van der Waals surface area contributed by atoms with Crippen molar-refractivity contribution in [2.24, 2.45) is 0 Å². The molecule has 1 aliphatic rings. The number of nitrogens with zero attached hydrogens (tertiary/aromatic N) is 2. The molecule has 5 rings (SSSR count). The van der Waals surface area contributed by atoms with Gasteiger partial charge in [0, 0.05) is 18.3 Å². The molecule has 4 aromatic rings. The van der Waals surface area contributed by atoms with E-state index >= 15 is 0 Å². The first-order valence-electron chi connectivity index (χ1n) is 15.3. The Kier molecular flexibility index (Phi) is 10.5. The highest BCUT2D eigenvalue weighted by molar-refractivity contribution is 7.09. The van der Waals surface area contributed by atoms with Crippen molar-refractivity contribution in [2.75, 3.05) is 24.3 Å². The lowest BCUT2D eigenvalue weighted by atomic mass is 9.95. The van der Waals surface area contributed by atoms with Crippen LogP contribution in [0.4, 0.5) is 11.4 Å². The van der Waals surface area contributed by atoms with Crippen molar-refractivity contribution in [3.05, 3.63) is 106 Å². The van der Waals surface area contributed by atoms with Gasteiger partial charge in [0.05, 0.1) is 12.8 Å². The number of hydrogen-bond donors (Lipinski definition) is 3. The third kappa shape index (κ3) is 7.51. The molecule has 1 fully saturated rings. The van der Waals surface area contributed by atoms with Crippen molar-refractivity contribution >= 4 is 40.6 Å².